The first-order chi connectivity index (χ1) is 20.0. The van der Waals surface area contributed by atoms with E-state index in [1.54, 1.807) is 31.0 Å². The third kappa shape index (κ3) is 6.52. The zero-order valence-corrected chi connectivity index (χ0v) is 32.0. The third-order valence-corrected chi connectivity index (χ3v) is 20.4. The van der Waals surface area contributed by atoms with Crippen LogP contribution in [0.1, 0.15) is 171 Å². The fourth-order valence-electron chi connectivity index (χ4n) is 7.60. The van der Waals surface area contributed by atoms with Crippen molar-refractivity contribution in [2.75, 3.05) is 0 Å². The second-order valence-electron chi connectivity index (χ2n) is 16.2. The van der Waals surface area contributed by atoms with Gasteiger partial charge in [0.2, 0.25) is 0 Å². The topological polar surface area (TPSA) is 0 Å². The van der Waals surface area contributed by atoms with Crippen LogP contribution < -0.4 is 8.79 Å². The van der Waals surface area contributed by atoms with Crippen molar-refractivity contribution in [3.63, 3.8) is 0 Å². The van der Waals surface area contributed by atoms with Crippen LogP contribution in [0.3, 0.4) is 0 Å². The van der Waals surface area contributed by atoms with Gasteiger partial charge in [0.25, 0.3) is 0 Å². The van der Waals surface area contributed by atoms with Crippen LogP contribution in [-0.4, -0.2) is 13.3 Å². The molecule has 3 aromatic rings. The summed E-state index contributed by atoms with van der Waals surface area (Å²) in [6.45, 7) is 34.0. The van der Waals surface area contributed by atoms with Crippen molar-refractivity contribution in [1.29, 1.82) is 0 Å². The molecule has 2 unspecified atom stereocenters. The first kappa shape index (κ1) is 33.8. The monoisotopic (exact) mass is 638 g/mol. The Morgan fingerprint density at radius 1 is 0.651 bits per heavy atom. The Balaban J connectivity index is 2.31. The molecule has 0 aliphatic carbocycles. The van der Waals surface area contributed by atoms with Crippen molar-refractivity contribution in [2.24, 2.45) is 5.41 Å². The number of hydrogen-bond donors (Lipinski definition) is 0. The minimum absolute atomic E-state index is 0.0370. The Morgan fingerprint density at radius 2 is 1.09 bits per heavy atom. The number of rotatable bonds is 8. The van der Waals surface area contributed by atoms with Crippen molar-refractivity contribution < 1.29 is 0 Å². The van der Waals surface area contributed by atoms with Crippen molar-refractivity contribution in [3.05, 3.63) is 98.4 Å². The van der Waals surface area contributed by atoms with Crippen LogP contribution in [0.5, 0.6) is 0 Å². The number of benzene rings is 3. The molecule has 43 heavy (non-hydrogen) atoms. The number of allylic oxidation sites excluding steroid dienone is 1. The molecule has 0 nitrogen and oxygen atoms in total. The summed E-state index contributed by atoms with van der Waals surface area (Å²) < 4.78 is 3.56. The Bertz CT molecular complexity index is 1430. The van der Waals surface area contributed by atoms with Gasteiger partial charge in [-0.15, -0.1) is 0 Å². The second kappa shape index (κ2) is 12.7. The summed E-state index contributed by atoms with van der Waals surface area (Å²) in [6, 6.07) is 21.8. The van der Waals surface area contributed by atoms with Gasteiger partial charge < -0.3 is 0 Å². The van der Waals surface area contributed by atoms with Crippen molar-refractivity contribution in [1.82, 2.24) is 0 Å². The normalized spacial score (nSPS) is 19.4. The predicted molar refractivity (Wildman–Crippen MR) is 195 cm³/mol. The van der Waals surface area contributed by atoms with Crippen LogP contribution in [-0.2, 0) is 0 Å². The molecule has 0 spiro atoms. The molecule has 1 heterocycles. The van der Waals surface area contributed by atoms with Crippen LogP contribution in [0.25, 0.3) is 5.57 Å². The fraction of sp³-hybridized carbons (Fsp3) is 0.524. The van der Waals surface area contributed by atoms with Gasteiger partial charge in [-0.3, -0.25) is 0 Å². The summed E-state index contributed by atoms with van der Waals surface area (Å²) in [5.74, 6) is 3.06. The first-order valence-corrected chi connectivity index (χ1v) is 21.9. The van der Waals surface area contributed by atoms with Gasteiger partial charge in [0.15, 0.2) is 0 Å². The van der Waals surface area contributed by atoms with Crippen LogP contribution in [0.4, 0.5) is 0 Å². The van der Waals surface area contributed by atoms with E-state index in [1.165, 1.54) is 27.5 Å². The van der Waals surface area contributed by atoms with Crippen LogP contribution in [0.2, 0.25) is 5.25 Å². The average molecular weight is 638 g/mol. The molecule has 0 radical (unpaired) electrons. The molecule has 2 atom stereocenters. The summed E-state index contributed by atoms with van der Waals surface area (Å²) >= 11 is -3.23. The first-order valence-electron chi connectivity index (χ1n) is 17.1. The van der Waals surface area contributed by atoms with E-state index in [9.17, 15) is 0 Å². The van der Waals surface area contributed by atoms with E-state index in [0.29, 0.717) is 35.5 Å². The quantitative estimate of drug-likeness (QED) is 0.216. The van der Waals surface area contributed by atoms with E-state index in [1.807, 2.05) is 0 Å². The molecule has 0 amide bonds. The van der Waals surface area contributed by atoms with E-state index in [4.69, 9.17) is 0 Å². The summed E-state index contributed by atoms with van der Waals surface area (Å²) in [6.07, 6.45) is 0. The Kier molecular flexibility index (Phi) is 10.0. The summed E-state index contributed by atoms with van der Waals surface area (Å²) in [7, 11) is 0. The van der Waals surface area contributed by atoms with E-state index in [-0.39, 0.29) is 5.41 Å². The van der Waals surface area contributed by atoms with Gasteiger partial charge in [-0.2, -0.15) is 0 Å². The molecule has 0 saturated carbocycles. The van der Waals surface area contributed by atoms with Gasteiger partial charge >= 0.3 is 269 Å². The molecular weight excluding hydrogens is 577 g/mol. The van der Waals surface area contributed by atoms with E-state index in [0.717, 1.165) is 0 Å². The van der Waals surface area contributed by atoms with Gasteiger partial charge in [-0.1, -0.05) is 0 Å². The molecule has 0 saturated heterocycles. The number of fused-ring (bicyclic) bond motifs is 1. The van der Waals surface area contributed by atoms with Crippen molar-refractivity contribution in [3.8, 4) is 0 Å². The second-order valence-corrected chi connectivity index (χ2v) is 23.8. The summed E-state index contributed by atoms with van der Waals surface area (Å²) in [5.41, 5.74) is 12.5. The molecule has 1 aliphatic heterocycles. The van der Waals surface area contributed by atoms with Gasteiger partial charge in [0.05, 0.1) is 0 Å². The molecule has 4 rings (SSSR count). The Morgan fingerprint density at radius 3 is 1.51 bits per heavy atom. The van der Waals surface area contributed by atoms with E-state index < -0.39 is 13.3 Å². The zero-order valence-electron chi connectivity index (χ0n) is 29.9. The van der Waals surface area contributed by atoms with Crippen LogP contribution >= 0.6 is 0 Å². The van der Waals surface area contributed by atoms with Crippen molar-refractivity contribution >= 4 is 27.6 Å². The molecule has 1 heteroatoms. The van der Waals surface area contributed by atoms with E-state index in [2.05, 4.69) is 156 Å². The SMILES string of the molecule is CC(C)c1cc(C(C)C)[c]([Ge]2([CH]=C(c3ccccc3)C(C)(C)C)[CH2]C(C)c3cc(C(C)C)cc(C(C)C)[c]32)c(C(C)C)c1. The number of hydrogen-bond acceptors (Lipinski definition) is 0. The Labute approximate surface area is 268 Å². The standard InChI is InChI=1S/C42H60Ge/c1-26(2)33-20-35(28(5)6)40(36(21-33)29(7)8)43(25-39(42(12,13)14)32-18-16-15-17-19-32)24-31(11)38-23-34(27(3)4)22-37(30(9)10)41(38)43/h15-23,25-31H,24H2,1-14H3. The van der Waals surface area contributed by atoms with Crippen LogP contribution in [0, 0.1) is 5.41 Å². The molecule has 0 bridgehead atoms. The predicted octanol–water partition coefficient (Wildman–Crippen LogP) is 11.7. The maximum atomic E-state index is 2.96. The molecule has 1 aliphatic rings. The zero-order chi connectivity index (χ0) is 32.0. The third-order valence-electron chi connectivity index (χ3n) is 9.98. The van der Waals surface area contributed by atoms with Gasteiger partial charge in [-0.05, 0) is 0 Å². The summed E-state index contributed by atoms with van der Waals surface area (Å²) in [5, 5.41) is 1.30. The summed E-state index contributed by atoms with van der Waals surface area (Å²) in [4.78, 5) is 2.96. The van der Waals surface area contributed by atoms with Gasteiger partial charge in [0, 0.05) is 0 Å². The average Bonchev–Trinajstić information content (AvgIpc) is 3.21. The molecule has 3 aromatic carbocycles. The van der Waals surface area contributed by atoms with Gasteiger partial charge in [0.1, 0.15) is 0 Å². The Hall–Kier alpha value is -2.06. The fourth-order valence-corrected chi connectivity index (χ4v) is 21.9. The van der Waals surface area contributed by atoms with E-state index >= 15 is 0 Å². The minimum atomic E-state index is -3.23. The van der Waals surface area contributed by atoms with Gasteiger partial charge in [-0.25, -0.2) is 0 Å². The molecule has 0 aromatic heterocycles. The molecule has 0 N–H and O–H groups in total. The molecule has 0 fully saturated rings. The maximum absolute atomic E-state index is 3.23. The molecule has 232 valence electrons. The van der Waals surface area contributed by atoms with Crippen molar-refractivity contribution in [2.45, 2.75) is 138 Å². The van der Waals surface area contributed by atoms with Crippen LogP contribution in [0.15, 0.2) is 59.5 Å². The molecular formula is C42H60Ge.